The molecule has 5 nitrogen and oxygen atoms in total. The maximum absolute atomic E-state index is 10.8. The van der Waals surface area contributed by atoms with E-state index in [1.54, 1.807) is 6.20 Å². The van der Waals surface area contributed by atoms with E-state index in [1.807, 2.05) is 37.6 Å². The van der Waals surface area contributed by atoms with Gasteiger partial charge in [0, 0.05) is 19.7 Å². The monoisotopic (exact) mass is 247 g/mol. The van der Waals surface area contributed by atoms with Crippen molar-refractivity contribution in [1.29, 1.82) is 0 Å². The molecule has 0 bridgehead atoms. The molecule has 0 radical (unpaired) electrons. The average molecular weight is 247 g/mol. The number of carboxylic acids is 1. The van der Waals surface area contributed by atoms with E-state index in [0.717, 1.165) is 17.0 Å². The van der Waals surface area contributed by atoms with Gasteiger partial charge in [-0.15, -0.1) is 0 Å². The molecule has 0 aromatic carbocycles. The molecule has 0 fully saturated rings. The van der Waals surface area contributed by atoms with Crippen LogP contribution >= 0.6 is 0 Å². The highest BCUT2D eigenvalue weighted by Crippen LogP contribution is 2.26. The number of aromatic nitrogens is 3. The van der Waals surface area contributed by atoms with Crippen LogP contribution in [-0.2, 0) is 18.3 Å². The number of nitrogens with zero attached hydrogens (tertiary/aromatic N) is 3. The highest BCUT2D eigenvalue weighted by atomic mass is 16.4. The summed E-state index contributed by atoms with van der Waals surface area (Å²) in [4.78, 5) is 19.6. The van der Waals surface area contributed by atoms with Crippen molar-refractivity contribution in [3.63, 3.8) is 0 Å². The molecule has 2 rings (SSSR count). The maximum atomic E-state index is 10.8. The highest BCUT2D eigenvalue weighted by Gasteiger charge is 2.25. The fraction of sp³-hybridized carbons (Fsp3) is 0.462. The zero-order valence-corrected chi connectivity index (χ0v) is 10.8. The van der Waals surface area contributed by atoms with E-state index >= 15 is 0 Å². The second kappa shape index (κ2) is 4.40. The lowest BCUT2D eigenvalue weighted by atomic mass is 9.85. The number of aliphatic carboxylic acids is 1. The fourth-order valence-corrected chi connectivity index (χ4v) is 2.13. The van der Waals surface area contributed by atoms with Gasteiger partial charge in [0.15, 0.2) is 5.65 Å². The van der Waals surface area contributed by atoms with E-state index < -0.39 is 5.97 Å². The topological polar surface area (TPSA) is 68.0 Å². The number of pyridine rings is 1. The van der Waals surface area contributed by atoms with Crippen LogP contribution in [0, 0.1) is 5.41 Å². The summed E-state index contributed by atoms with van der Waals surface area (Å²) in [6.45, 7) is 3.88. The van der Waals surface area contributed by atoms with Gasteiger partial charge in [-0.25, -0.2) is 9.97 Å². The third-order valence-corrected chi connectivity index (χ3v) is 2.99. The van der Waals surface area contributed by atoms with Gasteiger partial charge in [0.05, 0.1) is 6.42 Å². The molecule has 0 unspecified atom stereocenters. The first-order valence-electron chi connectivity index (χ1n) is 5.87. The minimum Gasteiger partial charge on any atom is -0.481 e. The molecule has 2 aromatic rings. The van der Waals surface area contributed by atoms with Crippen molar-refractivity contribution in [3.8, 4) is 0 Å². The van der Waals surface area contributed by atoms with Gasteiger partial charge in [-0.3, -0.25) is 4.79 Å². The Morgan fingerprint density at radius 2 is 2.22 bits per heavy atom. The van der Waals surface area contributed by atoms with E-state index in [4.69, 9.17) is 5.11 Å². The molecule has 0 atom stereocenters. The molecular formula is C13H17N3O2. The second-order valence-corrected chi connectivity index (χ2v) is 5.34. The van der Waals surface area contributed by atoms with Crippen molar-refractivity contribution < 1.29 is 9.90 Å². The van der Waals surface area contributed by atoms with E-state index in [0.29, 0.717) is 6.42 Å². The van der Waals surface area contributed by atoms with Crippen LogP contribution in [0.5, 0.6) is 0 Å². The molecule has 0 aliphatic carbocycles. The van der Waals surface area contributed by atoms with Crippen LogP contribution in [0.4, 0.5) is 0 Å². The maximum Gasteiger partial charge on any atom is 0.303 e. The number of carbonyl (C=O) groups is 1. The third kappa shape index (κ3) is 2.50. The van der Waals surface area contributed by atoms with Gasteiger partial charge < -0.3 is 9.67 Å². The average Bonchev–Trinajstić information content (AvgIpc) is 2.54. The first kappa shape index (κ1) is 12.5. The first-order chi connectivity index (χ1) is 8.39. The summed E-state index contributed by atoms with van der Waals surface area (Å²) in [5.74, 6) is 0.0897. The van der Waals surface area contributed by atoms with E-state index in [-0.39, 0.29) is 11.8 Å². The molecule has 0 aliphatic rings. The lowest BCUT2D eigenvalue weighted by molar-refractivity contribution is -0.139. The van der Waals surface area contributed by atoms with Crippen LogP contribution < -0.4 is 0 Å². The predicted molar refractivity (Wildman–Crippen MR) is 68.2 cm³/mol. The Kier molecular flexibility index (Phi) is 3.07. The molecule has 0 amide bonds. The summed E-state index contributed by atoms with van der Waals surface area (Å²) in [7, 11) is 1.91. The number of hydrogen-bond acceptors (Lipinski definition) is 3. The Bertz CT molecular complexity index is 587. The zero-order valence-electron chi connectivity index (χ0n) is 10.8. The molecule has 96 valence electrons. The summed E-state index contributed by atoms with van der Waals surface area (Å²) in [5, 5.41) is 8.90. The quantitative estimate of drug-likeness (QED) is 0.897. The molecular weight excluding hydrogens is 230 g/mol. The van der Waals surface area contributed by atoms with Crippen molar-refractivity contribution in [2.45, 2.75) is 26.7 Å². The Morgan fingerprint density at radius 1 is 1.50 bits per heavy atom. The molecule has 2 aromatic heterocycles. The summed E-state index contributed by atoms with van der Waals surface area (Å²) in [6, 6.07) is 3.76. The SMILES string of the molecule is Cn1c(CC(C)(C)CC(=O)O)nc2cccnc21. The third-order valence-electron chi connectivity index (χ3n) is 2.99. The summed E-state index contributed by atoms with van der Waals surface area (Å²) >= 11 is 0. The summed E-state index contributed by atoms with van der Waals surface area (Å²) in [6.07, 6.45) is 2.48. The van der Waals surface area contributed by atoms with Crippen LogP contribution in [0.3, 0.4) is 0 Å². The molecule has 0 spiro atoms. The highest BCUT2D eigenvalue weighted by molar-refractivity contribution is 5.71. The number of fused-ring (bicyclic) bond motifs is 1. The van der Waals surface area contributed by atoms with Gasteiger partial charge >= 0.3 is 5.97 Å². The Balaban J connectivity index is 2.32. The predicted octanol–water partition coefficient (Wildman–Crippen LogP) is 2.01. The van der Waals surface area contributed by atoms with Crippen LogP contribution in [0.15, 0.2) is 18.3 Å². The van der Waals surface area contributed by atoms with Crippen LogP contribution in [0.1, 0.15) is 26.1 Å². The first-order valence-corrected chi connectivity index (χ1v) is 5.87. The molecule has 1 N–H and O–H groups in total. The molecule has 0 aliphatic heterocycles. The van der Waals surface area contributed by atoms with Crippen molar-refractivity contribution in [2.75, 3.05) is 0 Å². The minimum atomic E-state index is -0.781. The van der Waals surface area contributed by atoms with E-state index in [1.165, 1.54) is 0 Å². The van der Waals surface area contributed by atoms with E-state index in [2.05, 4.69) is 9.97 Å². The number of rotatable bonds is 4. The van der Waals surface area contributed by atoms with Crippen LogP contribution in [-0.4, -0.2) is 25.6 Å². The molecule has 5 heteroatoms. The lowest BCUT2D eigenvalue weighted by Gasteiger charge is -2.21. The number of imidazole rings is 1. The van der Waals surface area contributed by atoms with E-state index in [9.17, 15) is 4.79 Å². The Hall–Kier alpha value is -1.91. The number of carboxylic acid groups (broad SMARTS) is 1. The molecule has 0 saturated heterocycles. The van der Waals surface area contributed by atoms with Crippen LogP contribution in [0.25, 0.3) is 11.2 Å². The number of hydrogen-bond donors (Lipinski definition) is 1. The molecule has 18 heavy (non-hydrogen) atoms. The normalized spacial score (nSPS) is 11.9. The molecule has 0 saturated carbocycles. The Labute approximate surface area is 105 Å². The van der Waals surface area contributed by atoms with Gasteiger partial charge in [0.2, 0.25) is 0 Å². The zero-order chi connectivity index (χ0) is 13.3. The van der Waals surface area contributed by atoms with Gasteiger partial charge in [-0.05, 0) is 17.5 Å². The van der Waals surface area contributed by atoms with Crippen molar-refractivity contribution in [2.24, 2.45) is 12.5 Å². The molecule has 2 heterocycles. The van der Waals surface area contributed by atoms with Crippen molar-refractivity contribution in [1.82, 2.24) is 14.5 Å². The van der Waals surface area contributed by atoms with Gasteiger partial charge in [-0.1, -0.05) is 13.8 Å². The van der Waals surface area contributed by atoms with Crippen molar-refractivity contribution in [3.05, 3.63) is 24.2 Å². The lowest BCUT2D eigenvalue weighted by Crippen LogP contribution is -2.21. The van der Waals surface area contributed by atoms with Crippen molar-refractivity contribution >= 4 is 17.1 Å². The summed E-state index contributed by atoms with van der Waals surface area (Å²) in [5.41, 5.74) is 1.36. The summed E-state index contributed by atoms with van der Waals surface area (Å²) < 4.78 is 1.93. The standard InChI is InChI=1S/C13H17N3O2/c1-13(2,8-11(17)18)7-10-15-9-5-4-6-14-12(9)16(10)3/h4-6H,7-8H2,1-3H3,(H,17,18). The smallest absolute Gasteiger partial charge is 0.303 e. The van der Waals surface area contributed by atoms with Gasteiger partial charge in [0.1, 0.15) is 11.3 Å². The van der Waals surface area contributed by atoms with Gasteiger partial charge in [0.25, 0.3) is 0 Å². The largest absolute Gasteiger partial charge is 0.481 e. The second-order valence-electron chi connectivity index (χ2n) is 5.34. The number of aryl methyl sites for hydroxylation is 1. The Morgan fingerprint density at radius 3 is 2.83 bits per heavy atom. The van der Waals surface area contributed by atoms with Gasteiger partial charge in [-0.2, -0.15) is 0 Å². The minimum absolute atomic E-state index is 0.129. The fourth-order valence-electron chi connectivity index (χ4n) is 2.13. The van der Waals surface area contributed by atoms with Crippen LogP contribution in [0.2, 0.25) is 0 Å².